The van der Waals surface area contributed by atoms with Crippen LogP contribution < -0.4 is 0 Å². The van der Waals surface area contributed by atoms with Crippen LogP contribution in [0.2, 0.25) is 0 Å². The molecule has 0 radical (unpaired) electrons. The summed E-state index contributed by atoms with van der Waals surface area (Å²) < 4.78 is 12.9. The Morgan fingerprint density at radius 3 is 3.00 bits per heavy atom. The molecule has 0 saturated carbocycles. The Balaban J connectivity index is 2.70. The highest BCUT2D eigenvalue weighted by molar-refractivity contribution is 5.84. The molecule has 2 aromatic rings. The van der Waals surface area contributed by atoms with E-state index < -0.39 is 0 Å². The molecule has 1 aromatic heterocycles. The van der Waals surface area contributed by atoms with Gasteiger partial charge in [0.05, 0.1) is 12.5 Å². The van der Waals surface area contributed by atoms with Gasteiger partial charge in [0.1, 0.15) is 5.82 Å². The molecular formula is C11H7FN2. The molecule has 68 valence electrons. The highest BCUT2D eigenvalue weighted by Gasteiger charge is 2.01. The van der Waals surface area contributed by atoms with Crippen LogP contribution in [0.1, 0.15) is 5.56 Å². The van der Waals surface area contributed by atoms with Crippen molar-refractivity contribution in [2.45, 2.75) is 6.42 Å². The Kier molecular flexibility index (Phi) is 2.11. The van der Waals surface area contributed by atoms with Crippen LogP contribution in [-0.2, 0) is 6.42 Å². The molecule has 0 fully saturated rings. The lowest BCUT2D eigenvalue weighted by Crippen LogP contribution is -1.87. The maximum atomic E-state index is 12.9. The molecule has 1 aromatic carbocycles. The number of benzene rings is 1. The molecule has 0 bridgehead atoms. The van der Waals surface area contributed by atoms with Gasteiger partial charge in [0.2, 0.25) is 0 Å². The second-order valence-electron chi connectivity index (χ2n) is 3.00. The normalized spacial score (nSPS) is 10.0. The van der Waals surface area contributed by atoms with E-state index in [1.807, 2.05) is 0 Å². The molecule has 0 saturated heterocycles. The van der Waals surface area contributed by atoms with Gasteiger partial charge in [-0.05, 0) is 23.1 Å². The third-order valence-electron chi connectivity index (χ3n) is 2.07. The summed E-state index contributed by atoms with van der Waals surface area (Å²) in [6.45, 7) is 0. The van der Waals surface area contributed by atoms with E-state index in [1.165, 1.54) is 12.1 Å². The molecule has 3 heteroatoms. The fourth-order valence-corrected chi connectivity index (χ4v) is 1.44. The molecule has 0 unspecified atom stereocenters. The van der Waals surface area contributed by atoms with Crippen molar-refractivity contribution in [3.8, 4) is 6.07 Å². The topological polar surface area (TPSA) is 36.7 Å². The Morgan fingerprint density at radius 1 is 1.36 bits per heavy atom. The fraction of sp³-hybridized carbons (Fsp3) is 0.0909. The Morgan fingerprint density at radius 2 is 2.21 bits per heavy atom. The van der Waals surface area contributed by atoms with Crippen LogP contribution in [0.15, 0.2) is 30.6 Å². The molecule has 2 nitrogen and oxygen atoms in total. The lowest BCUT2D eigenvalue weighted by atomic mass is 10.1. The second kappa shape index (κ2) is 3.43. The average molecular weight is 186 g/mol. The van der Waals surface area contributed by atoms with Crippen LogP contribution in [0, 0.1) is 17.1 Å². The van der Waals surface area contributed by atoms with Crippen molar-refractivity contribution >= 4 is 10.8 Å². The van der Waals surface area contributed by atoms with Crippen LogP contribution in [0.5, 0.6) is 0 Å². The third-order valence-corrected chi connectivity index (χ3v) is 2.07. The predicted octanol–water partition coefficient (Wildman–Crippen LogP) is 2.44. The number of hydrogen-bond acceptors (Lipinski definition) is 2. The van der Waals surface area contributed by atoms with E-state index in [1.54, 1.807) is 18.5 Å². The van der Waals surface area contributed by atoms with E-state index in [2.05, 4.69) is 11.1 Å². The van der Waals surface area contributed by atoms with Gasteiger partial charge in [-0.1, -0.05) is 6.07 Å². The van der Waals surface area contributed by atoms with Crippen molar-refractivity contribution < 1.29 is 4.39 Å². The zero-order valence-electron chi connectivity index (χ0n) is 7.37. The molecule has 0 atom stereocenters. The first kappa shape index (κ1) is 8.64. The van der Waals surface area contributed by atoms with Gasteiger partial charge in [0.25, 0.3) is 0 Å². The average Bonchev–Trinajstić information content (AvgIpc) is 2.18. The van der Waals surface area contributed by atoms with Crippen molar-refractivity contribution in [2.75, 3.05) is 0 Å². The zero-order valence-corrected chi connectivity index (χ0v) is 7.37. The minimum absolute atomic E-state index is 0.284. The number of nitrogens with zero attached hydrogens (tertiary/aromatic N) is 2. The van der Waals surface area contributed by atoms with E-state index >= 15 is 0 Å². The molecule has 0 spiro atoms. The first-order chi connectivity index (χ1) is 6.81. The minimum atomic E-state index is -0.284. The SMILES string of the molecule is N#CCc1cncc2cc(F)ccc12. The maximum Gasteiger partial charge on any atom is 0.123 e. The van der Waals surface area contributed by atoms with E-state index in [0.717, 1.165) is 16.3 Å². The molecule has 0 aliphatic carbocycles. The largest absolute Gasteiger partial charge is 0.264 e. The van der Waals surface area contributed by atoms with Gasteiger partial charge in [0, 0.05) is 17.8 Å². The van der Waals surface area contributed by atoms with Gasteiger partial charge in [0.15, 0.2) is 0 Å². The lowest BCUT2D eigenvalue weighted by molar-refractivity contribution is 0.629. The number of hydrogen-bond donors (Lipinski definition) is 0. The number of nitriles is 1. The van der Waals surface area contributed by atoms with Gasteiger partial charge in [-0.3, -0.25) is 4.98 Å². The molecule has 0 N–H and O–H groups in total. The molecule has 0 aliphatic rings. The van der Waals surface area contributed by atoms with Gasteiger partial charge in [-0.15, -0.1) is 0 Å². The summed E-state index contributed by atoms with van der Waals surface area (Å²) in [5.74, 6) is -0.284. The third kappa shape index (κ3) is 1.42. The summed E-state index contributed by atoms with van der Waals surface area (Å²) >= 11 is 0. The quantitative estimate of drug-likeness (QED) is 0.685. The number of aromatic nitrogens is 1. The van der Waals surface area contributed by atoms with E-state index in [-0.39, 0.29) is 5.82 Å². The van der Waals surface area contributed by atoms with E-state index in [9.17, 15) is 4.39 Å². The fourth-order valence-electron chi connectivity index (χ4n) is 1.44. The molecule has 0 amide bonds. The standard InChI is InChI=1S/C11H7FN2/c12-10-1-2-11-8(3-4-13)6-14-7-9(11)5-10/h1-2,5-7H,3H2. The first-order valence-electron chi connectivity index (χ1n) is 4.20. The number of pyridine rings is 1. The van der Waals surface area contributed by atoms with Crippen LogP contribution in [0.4, 0.5) is 4.39 Å². The Bertz CT molecular complexity index is 514. The summed E-state index contributed by atoms with van der Waals surface area (Å²) in [4.78, 5) is 3.95. The maximum absolute atomic E-state index is 12.9. The number of fused-ring (bicyclic) bond motifs is 1. The Hall–Kier alpha value is -1.95. The molecule has 0 aliphatic heterocycles. The van der Waals surface area contributed by atoms with Crippen molar-refractivity contribution in [1.82, 2.24) is 4.98 Å². The lowest BCUT2D eigenvalue weighted by Gasteiger charge is -2.01. The summed E-state index contributed by atoms with van der Waals surface area (Å²) in [6.07, 6.45) is 3.54. The predicted molar refractivity (Wildman–Crippen MR) is 51.0 cm³/mol. The van der Waals surface area contributed by atoms with Crippen molar-refractivity contribution in [3.05, 3.63) is 42.0 Å². The summed E-state index contributed by atoms with van der Waals surface area (Å²) in [5.41, 5.74) is 0.838. The minimum Gasteiger partial charge on any atom is -0.264 e. The van der Waals surface area contributed by atoms with Crippen molar-refractivity contribution in [2.24, 2.45) is 0 Å². The second-order valence-corrected chi connectivity index (χ2v) is 3.00. The summed E-state index contributed by atoms with van der Waals surface area (Å²) in [7, 11) is 0. The van der Waals surface area contributed by atoms with Crippen LogP contribution in [0.3, 0.4) is 0 Å². The smallest absolute Gasteiger partial charge is 0.123 e. The molecule has 14 heavy (non-hydrogen) atoms. The van der Waals surface area contributed by atoms with Gasteiger partial charge in [-0.25, -0.2) is 4.39 Å². The van der Waals surface area contributed by atoms with Crippen LogP contribution in [0.25, 0.3) is 10.8 Å². The molecular weight excluding hydrogens is 179 g/mol. The van der Waals surface area contributed by atoms with E-state index in [0.29, 0.717) is 6.42 Å². The Labute approximate surface area is 80.6 Å². The van der Waals surface area contributed by atoms with Gasteiger partial charge in [-0.2, -0.15) is 5.26 Å². The monoisotopic (exact) mass is 186 g/mol. The van der Waals surface area contributed by atoms with Gasteiger partial charge < -0.3 is 0 Å². The summed E-state index contributed by atoms with van der Waals surface area (Å²) in [6, 6.07) is 6.55. The molecule has 1 heterocycles. The number of rotatable bonds is 1. The highest BCUT2D eigenvalue weighted by Crippen LogP contribution is 2.18. The van der Waals surface area contributed by atoms with Crippen molar-refractivity contribution in [3.63, 3.8) is 0 Å². The van der Waals surface area contributed by atoms with Crippen LogP contribution in [-0.4, -0.2) is 4.98 Å². The van der Waals surface area contributed by atoms with E-state index in [4.69, 9.17) is 5.26 Å². The zero-order chi connectivity index (χ0) is 9.97. The highest BCUT2D eigenvalue weighted by atomic mass is 19.1. The van der Waals surface area contributed by atoms with Crippen molar-refractivity contribution in [1.29, 1.82) is 5.26 Å². The number of halogens is 1. The summed E-state index contributed by atoms with van der Waals surface area (Å²) in [5, 5.41) is 10.2. The first-order valence-corrected chi connectivity index (χ1v) is 4.20. The van der Waals surface area contributed by atoms with Gasteiger partial charge >= 0.3 is 0 Å². The van der Waals surface area contributed by atoms with Crippen LogP contribution >= 0.6 is 0 Å². The molecule has 2 rings (SSSR count).